The van der Waals surface area contributed by atoms with Crippen molar-refractivity contribution >= 4 is 15.9 Å². The van der Waals surface area contributed by atoms with Crippen LogP contribution >= 0.6 is 15.9 Å². The minimum atomic E-state index is -0.122. The summed E-state index contributed by atoms with van der Waals surface area (Å²) in [4.78, 5) is 12.2. The van der Waals surface area contributed by atoms with Crippen molar-refractivity contribution in [2.75, 3.05) is 0 Å². The number of benzene rings is 1. The number of aryl methyl sites for hydroxylation is 1. The Morgan fingerprint density at radius 2 is 1.89 bits per heavy atom. The molecule has 2 aromatic rings. The fourth-order valence-electron chi connectivity index (χ4n) is 1.87. The van der Waals surface area contributed by atoms with Gasteiger partial charge in [0.25, 0.3) is 5.56 Å². The van der Waals surface area contributed by atoms with Gasteiger partial charge in [0, 0.05) is 16.6 Å². The summed E-state index contributed by atoms with van der Waals surface area (Å²) >= 11 is 3.36. The van der Waals surface area contributed by atoms with E-state index in [4.69, 9.17) is 5.73 Å². The van der Waals surface area contributed by atoms with Gasteiger partial charge in [-0.25, -0.2) is 0 Å². The van der Waals surface area contributed by atoms with Crippen LogP contribution in [0.4, 0.5) is 0 Å². The molecule has 0 aliphatic heterocycles. The molecular formula is C13H14BrN3O. The molecule has 0 saturated carbocycles. The first-order valence-electron chi connectivity index (χ1n) is 5.60. The Bertz CT molecular complexity index is 632. The highest BCUT2D eigenvalue weighted by Crippen LogP contribution is 2.13. The predicted octanol–water partition coefficient (Wildman–Crippen LogP) is 2.07. The Morgan fingerprint density at radius 1 is 1.28 bits per heavy atom. The maximum Gasteiger partial charge on any atom is 0.274 e. The molecule has 0 radical (unpaired) electrons. The van der Waals surface area contributed by atoms with E-state index >= 15 is 0 Å². The molecule has 1 aromatic heterocycles. The molecule has 0 fully saturated rings. The smallest absolute Gasteiger partial charge is 0.274 e. The van der Waals surface area contributed by atoms with E-state index in [2.05, 4.69) is 21.0 Å². The lowest BCUT2D eigenvalue weighted by molar-refractivity contribution is 0.755. The molecule has 0 amide bonds. The zero-order chi connectivity index (χ0) is 13.3. The van der Waals surface area contributed by atoms with Crippen LogP contribution in [0.1, 0.15) is 16.8 Å². The van der Waals surface area contributed by atoms with Crippen LogP contribution < -0.4 is 11.3 Å². The zero-order valence-corrected chi connectivity index (χ0v) is 11.9. The second-order valence-corrected chi connectivity index (χ2v) is 5.00. The Morgan fingerprint density at radius 3 is 2.44 bits per heavy atom. The van der Waals surface area contributed by atoms with Crippen molar-refractivity contribution < 1.29 is 0 Å². The summed E-state index contributed by atoms with van der Waals surface area (Å²) < 4.78 is 2.38. The number of hydrogen-bond acceptors (Lipinski definition) is 3. The quantitative estimate of drug-likeness (QED) is 0.924. The first-order valence-corrected chi connectivity index (χ1v) is 6.39. The summed E-state index contributed by atoms with van der Waals surface area (Å²) in [6.07, 6.45) is 0. The molecule has 0 aliphatic carbocycles. The zero-order valence-electron chi connectivity index (χ0n) is 10.3. The van der Waals surface area contributed by atoms with Gasteiger partial charge in [0.1, 0.15) is 0 Å². The number of aromatic nitrogens is 2. The van der Waals surface area contributed by atoms with Crippen LogP contribution in [-0.4, -0.2) is 9.78 Å². The maximum atomic E-state index is 12.2. The van der Waals surface area contributed by atoms with Gasteiger partial charge >= 0.3 is 0 Å². The van der Waals surface area contributed by atoms with Gasteiger partial charge in [0.2, 0.25) is 0 Å². The number of hydrogen-bond donors (Lipinski definition) is 1. The van der Waals surface area contributed by atoms with Crippen molar-refractivity contribution in [1.82, 2.24) is 9.78 Å². The number of rotatable bonds is 2. The molecule has 0 unspecified atom stereocenters. The van der Waals surface area contributed by atoms with E-state index in [1.165, 1.54) is 4.68 Å². The highest BCUT2D eigenvalue weighted by Gasteiger charge is 2.11. The minimum absolute atomic E-state index is 0.122. The van der Waals surface area contributed by atoms with Gasteiger partial charge in [-0.15, -0.1) is 0 Å². The molecule has 18 heavy (non-hydrogen) atoms. The molecule has 1 aromatic carbocycles. The first kappa shape index (κ1) is 13.0. The molecular weight excluding hydrogens is 294 g/mol. The van der Waals surface area contributed by atoms with Crippen molar-refractivity contribution in [3.63, 3.8) is 0 Å². The summed E-state index contributed by atoms with van der Waals surface area (Å²) in [6.45, 7) is 3.99. The average Bonchev–Trinajstić information content (AvgIpc) is 2.36. The van der Waals surface area contributed by atoms with Crippen LogP contribution in [0.3, 0.4) is 0 Å². The highest BCUT2D eigenvalue weighted by molar-refractivity contribution is 9.10. The first-order chi connectivity index (χ1) is 8.54. The van der Waals surface area contributed by atoms with E-state index < -0.39 is 0 Å². The fourth-order valence-corrected chi connectivity index (χ4v) is 2.14. The Balaban J connectivity index is 2.66. The van der Waals surface area contributed by atoms with Crippen LogP contribution in [0.2, 0.25) is 0 Å². The van der Waals surface area contributed by atoms with Crippen LogP contribution in [0, 0.1) is 13.8 Å². The summed E-state index contributed by atoms with van der Waals surface area (Å²) in [5.74, 6) is 0. The van der Waals surface area contributed by atoms with Crippen LogP contribution in [-0.2, 0) is 6.54 Å². The van der Waals surface area contributed by atoms with E-state index in [0.29, 0.717) is 12.1 Å². The predicted molar refractivity (Wildman–Crippen MR) is 74.9 cm³/mol. The number of nitrogens with two attached hydrogens (primary N) is 1. The van der Waals surface area contributed by atoms with Crippen molar-refractivity contribution in [3.8, 4) is 5.69 Å². The third kappa shape index (κ3) is 2.23. The standard InChI is InChI=1S/C13H14BrN3O/c1-8-12(7-15)9(2)16-17(13(8)18)11-5-3-10(14)4-6-11/h3-6H,7,15H2,1-2H3. The summed E-state index contributed by atoms with van der Waals surface area (Å²) in [5, 5.41) is 4.31. The van der Waals surface area contributed by atoms with Crippen molar-refractivity contribution in [3.05, 3.63) is 55.9 Å². The Kier molecular flexibility index (Phi) is 3.63. The maximum absolute atomic E-state index is 12.2. The number of nitrogens with zero attached hydrogens (tertiary/aromatic N) is 2. The Labute approximate surface area is 114 Å². The SMILES string of the molecule is Cc1nn(-c2ccc(Br)cc2)c(=O)c(C)c1CN. The molecule has 0 aliphatic rings. The fraction of sp³-hybridized carbons (Fsp3) is 0.231. The average molecular weight is 308 g/mol. The van der Waals surface area contributed by atoms with E-state index in [-0.39, 0.29) is 5.56 Å². The van der Waals surface area contributed by atoms with Gasteiger partial charge in [0.15, 0.2) is 0 Å². The largest absolute Gasteiger partial charge is 0.326 e. The topological polar surface area (TPSA) is 60.9 Å². The Hall–Kier alpha value is -1.46. The molecule has 1 heterocycles. The third-order valence-electron chi connectivity index (χ3n) is 2.93. The molecule has 0 saturated heterocycles. The summed E-state index contributed by atoms with van der Waals surface area (Å²) in [7, 11) is 0. The van der Waals surface area contributed by atoms with Crippen LogP contribution in [0.25, 0.3) is 5.69 Å². The van der Waals surface area contributed by atoms with Gasteiger partial charge < -0.3 is 5.73 Å². The third-order valence-corrected chi connectivity index (χ3v) is 3.46. The lowest BCUT2D eigenvalue weighted by atomic mass is 10.1. The van der Waals surface area contributed by atoms with Gasteiger partial charge in [-0.1, -0.05) is 15.9 Å². The summed E-state index contributed by atoms with van der Waals surface area (Å²) in [6, 6.07) is 7.45. The second kappa shape index (κ2) is 5.04. The number of halogens is 1. The van der Waals surface area contributed by atoms with Crippen molar-refractivity contribution in [2.45, 2.75) is 20.4 Å². The minimum Gasteiger partial charge on any atom is -0.326 e. The van der Waals surface area contributed by atoms with E-state index in [1.807, 2.05) is 31.2 Å². The van der Waals surface area contributed by atoms with Crippen molar-refractivity contribution in [2.24, 2.45) is 5.73 Å². The van der Waals surface area contributed by atoms with Gasteiger partial charge in [0.05, 0.1) is 11.4 Å². The molecule has 2 N–H and O–H groups in total. The van der Waals surface area contributed by atoms with E-state index in [9.17, 15) is 4.79 Å². The molecule has 94 valence electrons. The summed E-state index contributed by atoms with van der Waals surface area (Å²) in [5.41, 5.74) is 8.54. The molecule has 0 spiro atoms. The molecule has 0 bridgehead atoms. The van der Waals surface area contributed by atoms with Crippen LogP contribution in [0.5, 0.6) is 0 Å². The van der Waals surface area contributed by atoms with Crippen molar-refractivity contribution in [1.29, 1.82) is 0 Å². The lowest BCUT2D eigenvalue weighted by Crippen LogP contribution is -2.27. The van der Waals surface area contributed by atoms with E-state index in [1.54, 1.807) is 6.92 Å². The van der Waals surface area contributed by atoms with Gasteiger partial charge in [-0.3, -0.25) is 4.79 Å². The van der Waals surface area contributed by atoms with Crippen LogP contribution in [0.15, 0.2) is 33.5 Å². The van der Waals surface area contributed by atoms with Gasteiger partial charge in [-0.2, -0.15) is 9.78 Å². The monoisotopic (exact) mass is 307 g/mol. The molecule has 4 nitrogen and oxygen atoms in total. The van der Waals surface area contributed by atoms with E-state index in [0.717, 1.165) is 21.4 Å². The lowest BCUT2D eigenvalue weighted by Gasteiger charge is -2.11. The second-order valence-electron chi connectivity index (χ2n) is 4.09. The normalized spacial score (nSPS) is 10.7. The molecule has 0 atom stereocenters. The van der Waals surface area contributed by atoms with Gasteiger partial charge in [-0.05, 0) is 43.7 Å². The highest BCUT2D eigenvalue weighted by atomic mass is 79.9. The molecule has 2 rings (SSSR count). The molecule has 5 heteroatoms.